The number of fused-ring (bicyclic) bond motifs is 1. The molecule has 3 aromatic rings. The fraction of sp³-hybridized carbons (Fsp3) is 0.520. The van der Waals surface area contributed by atoms with Crippen LogP contribution in [0.15, 0.2) is 36.9 Å². The lowest BCUT2D eigenvalue weighted by Crippen LogP contribution is -2.49. The minimum atomic E-state index is -3.45. The molecule has 4 N–H and O–H groups in total. The third kappa shape index (κ3) is 7.58. The molecule has 3 unspecified atom stereocenters. The molecule has 0 spiro atoms. The van der Waals surface area contributed by atoms with E-state index in [1.807, 2.05) is 56.5 Å². The minimum absolute atomic E-state index is 0.154. The molecule has 0 radical (unpaired) electrons. The number of benzene rings is 1. The number of anilines is 1. The van der Waals surface area contributed by atoms with Crippen molar-refractivity contribution in [2.45, 2.75) is 72.2 Å². The van der Waals surface area contributed by atoms with Gasteiger partial charge < -0.3 is 19.8 Å². The Bertz CT molecular complexity index is 1250. The zero-order valence-corrected chi connectivity index (χ0v) is 23.3. The molecule has 0 fully saturated rings. The highest BCUT2D eigenvalue weighted by Gasteiger charge is 2.38. The standard InChI is InChI=1S/C25H38N7O4P/c1-7-12-35-24(33)25(5,6)31-37(34,30-19(4)20-10-8-17(2)9-11-20)16-36-18(3)13-32-15-29-21-22(26)27-14-28-23(21)32/h8-11,14-15,18-19H,7,12-13,16H2,1-6H3,(H2,26,27,28)(H2,30,31,34). The summed E-state index contributed by atoms with van der Waals surface area (Å²) in [5, 5.41) is 6.23. The summed E-state index contributed by atoms with van der Waals surface area (Å²) in [6.45, 7) is 11.7. The number of aryl methyl sites for hydroxylation is 1. The molecule has 1 aromatic carbocycles. The molecule has 0 bridgehead atoms. The van der Waals surface area contributed by atoms with Crippen LogP contribution in [-0.2, 0) is 25.4 Å². The Hall–Kier alpha value is -2.85. The van der Waals surface area contributed by atoms with E-state index in [9.17, 15) is 9.36 Å². The van der Waals surface area contributed by atoms with Crippen molar-refractivity contribution in [2.24, 2.45) is 0 Å². The molecule has 0 saturated heterocycles. The van der Waals surface area contributed by atoms with Gasteiger partial charge in [0.05, 0.1) is 25.6 Å². The third-order valence-corrected chi connectivity index (χ3v) is 8.05. The van der Waals surface area contributed by atoms with E-state index < -0.39 is 19.0 Å². The van der Waals surface area contributed by atoms with Crippen molar-refractivity contribution in [3.63, 3.8) is 0 Å². The number of esters is 1. The van der Waals surface area contributed by atoms with Crippen molar-refractivity contribution in [1.82, 2.24) is 29.7 Å². The van der Waals surface area contributed by atoms with E-state index in [-0.39, 0.29) is 18.5 Å². The lowest BCUT2D eigenvalue weighted by Gasteiger charge is -2.33. The van der Waals surface area contributed by atoms with E-state index in [0.717, 1.165) is 11.1 Å². The van der Waals surface area contributed by atoms with Crippen LogP contribution in [0.25, 0.3) is 11.2 Å². The quantitative estimate of drug-likeness (QED) is 0.219. The van der Waals surface area contributed by atoms with Crippen molar-refractivity contribution >= 4 is 30.4 Å². The number of nitrogens with one attached hydrogen (secondary N) is 2. The first-order chi connectivity index (χ1) is 17.4. The van der Waals surface area contributed by atoms with Gasteiger partial charge in [0.2, 0.25) is 7.44 Å². The number of carbonyl (C=O) groups excluding carboxylic acids is 1. The van der Waals surface area contributed by atoms with Crippen molar-refractivity contribution < 1.29 is 18.8 Å². The summed E-state index contributed by atoms with van der Waals surface area (Å²) < 4.78 is 27.4. The second-order valence-electron chi connectivity index (χ2n) is 9.81. The number of ether oxygens (including phenoxy) is 2. The molecule has 11 nitrogen and oxygen atoms in total. The molecule has 3 atom stereocenters. The molecule has 2 aromatic heterocycles. The van der Waals surface area contributed by atoms with Gasteiger partial charge in [0.25, 0.3) is 0 Å². The van der Waals surface area contributed by atoms with Crippen LogP contribution < -0.4 is 15.9 Å². The largest absolute Gasteiger partial charge is 0.464 e. The van der Waals surface area contributed by atoms with Crippen LogP contribution in [0.1, 0.15) is 58.2 Å². The van der Waals surface area contributed by atoms with Crippen molar-refractivity contribution in [2.75, 3.05) is 18.7 Å². The van der Waals surface area contributed by atoms with Crippen LogP contribution in [0.3, 0.4) is 0 Å². The molecule has 0 aliphatic carbocycles. The zero-order chi connectivity index (χ0) is 27.2. The molecule has 12 heteroatoms. The van der Waals surface area contributed by atoms with Gasteiger partial charge in [-0.3, -0.25) is 9.36 Å². The summed E-state index contributed by atoms with van der Waals surface area (Å²) in [4.78, 5) is 25.2. The molecule has 37 heavy (non-hydrogen) atoms. The number of hydrogen-bond donors (Lipinski definition) is 3. The number of hydrogen-bond acceptors (Lipinski definition) is 8. The lowest BCUT2D eigenvalue weighted by molar-refractivity contribution is -0.149. The minimum Gasteiger partial charge on any atom is -0.464 e. The summed E-state index contributed by atoms with van der Waals surface area (Å²) in [6.07, 6.45) is 3.20. The normalized spacial score (nSPS) is 15.3. The maximum absolute atomic E-state index is 14.2. The Morgan fingerprint density at radius 2 is 1.89 bits per heavy atom. The topological polar surface area (TPSA) is 146 Å². The molecule has 0 aliphatic heterocycles. The zero-order valence-electron chi connectivity index (χ0n) is 22.4. The van der Waals surface area contributed by atoms with Gasteiger partial charge in [-0.25, -0.2) is 25.1 Å². The van der Waals surface area contributed by atoms with E-state index in [4.69, 9.17) is 15.2 Å². The van der Waals surface area contributed by atoms with Gasteiger partial charge in [-0.1, -0.05) is 36.8 Å². The highest BCUT2D eigenvalue weighted by atomic mass is 31.2. The predicted octanol–water partition coefficient (Wildman–Crippen LogP) is 3.94. The molecular formula is C25H38N7O4P. The fourth-order valence-electron chi connectivity index (χ4n) is 3.81. The Morgan fingerprint density at radius 1 is 1.19 bits per heavy atom. The summed E-state index contributed by atoms with van der Waals surface area (Å²) in [7, 11) is -3.45. The van der Waals surface area contributed by atoms with Crippen LogP contribution >= 0.6 is 7.44 Å². The average molecular weight is 532 g/mol. The van der Waals surface area contributed by atoms with Gasteiger partial charge >= 0.3 is 5.97 Å². The molecular weight excluding hydrogens is 493 g/mol. The summed E-state index contributed by atoms with van der Waals surface area (Å²) in [5.41, 5.74) is 7.89. The predicted molar refractivity (Wildman–Crippen MR) is 144 cm³/mol. The van der Waals surface area contributed by atoms with Crippen LogP contribution in [0.4, 0.5) is 5.82 Å². The smallest absolute Gasteiger partial charge is 0.326 e. The number of aromatic nitrogens is 4. The highest BCUT2D eigenvalue weighted by Crippen LogP contribution is 2.42. The van der Waals surface area contributed by atoms with Gasteiger partial charge in [-0.2, -0.15) is 0 Å². The van der Waals surface area contributed by atoms with E-state index >= 15 is 0 Å². The second kappa shape index (κ2) is 12.1. The summed E-state index contributed by atoms with van der Waals surface area (Å²) in [6, 6.07) is 7.71. The maximum atomic E-state index is 14.2. The first kappa shape index (κ1) is 28.7. The third-order valence-electron chi connectivity index (χ3n) is 5.81. The number of nitrogens with zero attached hydrogens (tertiary/aromatic N) is 4. The number of imidazole rings is 1. The monoisotopic (exact) mass is 531 g/mol. The fourth-order valence-corrected chi connectivity index (χ4v) is 6.25. The second-order valence-corrected chi connectivity index (χ2v) is 12.0. The lowest BCUT2D eigenvalue weighted by atomic mass is 10.1. The van der Waals surface area contributed by atoms with Crippen LogP contribution in [0.5, 0.6) is 0 Å². The Morgan fingerprint density at radius 3 is 2.57 bits per heavy atom. The van der Waals surface area contributed by atoms with Crippen molar-refractivity contribution in [3.05, 3.63) is 48.0 Å². The van der Waals surface area contributed by atoms with Gasteiger partial charge in [-0.05, 0) is 46.6 Å². The Kier molecular flexibility index (Phi) is 9.41. The highest BCUT2D eigenvalue weighted by molar-refractivity contribution is 7.59. The van der Waals surface area contributed by atoms with Crippen LogP contribution in [0.2, 0.25) is 0 Å². The van der Waals surface area contributed by atoms with E-state index in [1.165, 1.54) is 6.33 Å². The van der Waals surface area contributed by atoms with Gasteiger partial charge in [0.1, 0.15) is 23.7 Å². The van der Waals surface area contributed by atoms with Gasteiger partial charge in [0.15, 0.2) is 11.5 Å². The Labute approximate surface area is 218 Å². The molecule has 3 rings (SSSR count). The summed E-state index contributed by atoms with van der Waals surface area (Å²) >= 11 is 0. The first-order valence-electron chi connectivity index (χ1n) is 12.4. The molecule has 202 valence electrons. The number of nitrogen functional groups attached to an aromatic ring is 1. The average Bonchev–Trinajstić information content (AvgIpc) is 3.25. The first-order valence-corrected chi connectivity index (χ1v) is 14.3. The molecule has 0 amide bonds. The molecule has 0 saturated carbocycles. The Balaban J connectivity index is 1.76. The molecule has 0 aliphatic rings. The van der Waals surface area contributed by atoms with Crippen LogP contribution in [0, 0.1) is 6.92 Å². The SMILES string of the molecule is CCCOC(=O)C(C)(C)NP(=O)(COC(C)Cn1cnc2c(N)ncnc21)NC(C)c1ccc(C)cc1. The van der Waals surface area contributed by atoms with Crippen LogP contribution in [-0.4, -0.2) is 50.1 Å². The maximum Gasteiger partial charge on any atom is 0.326 e. The number of nitrogens with two attached hydrogens (primary N) is 1. The molecule has 2 heterocycles. The summed E-state index contributed by atoms with van der Waals surface area (Å²) in [5.74, 6) is -0.174. The van der Waals surface area contributed by atoms with Crippen molar-refractivity contribution in [3.8, 4) is 0 Å². The van der Waals surface area contributed by atoms with Crippen molar-refractivity contribution in [1.29, 1.82) is 0 Å². The van der Waals surface area contributed by atoms with E-state index in [1.54, 1.807) is 20.2 Å². The number of carbonyl (C=O) groups is 1. The number of rotatable bonds is 13. The van der Waals surface area contributed by atoms with E-state index in [2.05, 4.69) is 25.1 Å². The van der Waals surface area contributed by atoms with E-state index in [0.29, 0.717) is 36.6 Å². The van der Waals surface area contributed by atoms with Gasteiger partial charge in [0, 0.05) is 6.04 Å². The van der Waals surface area contributed by atoms with Gasteiger partial charge in [-0.15, -0.1) is 0 Å².